The SMILES string of the molecule is CCCN(CCC)Cc1cc(=O)c(O)cn1C(C)C. The molecule has 108 valence electrons. The molecule has 1 aromatic rings. The monoisotopic (exact) mass is 266 g/mol. The third kappa shape index (κ3) is 4.39. The molecule has 0 saturated heterocycles. The Kier molecular flexibility index (Phi) is 6.09. The van der Waals surface area contributed by atoms with Crippen molar-refractivity contribution in [2.75, 3.05) is 13.1 Å². The van der Waals surface area contributed by atoms with Crippen LogP contribution in [0.3, 0.4) is 0 Å². The predicted octanol–water partition coefficient (Wildman–Crippen LogP) is 2.76. The van der Waals surface area contributed by atoms with E-state index in [2.05, 4.69) is 32.6 Å². The van der Waals surface area contributed by atoms with Crippen molar-refractivity contribution in [3.05, 3.63) is 28.2 Å². The van der Waals surface area contributed by atoms with Gasteiger partial charge in [0.2, 0.25) is 5.43 Å². The lowest BCUT2D eigenvalue weighted by molar-refractivity contribution is 0.256. The van der Waals surface area contributed by atoms with Crippen LogP contribution in [0.5, 0.6) is 5.75 Å². The van der Waals surface area contributed by atoms with Crippen LogP contribution in [0.4, 0.5) is 0 Å². The van der Waals surface area contributed by atoms with E-state index in [9.17, 15) is 9.90 Å². The summed E-state index contributed by atoms with van der Waals surface area (Å²) >= 11 is 0. The maximum atomic E-state index is 11.6. The number of aromatic hydroxyl groups is 1. The lowest BCUT2D eigenvalue weighted by Gasteiger charge is -2.25. The quantitative estimate of drug-likeness (QED) is 0.825. The van der Waals surface area contributed by atoms with Crippen LogP contribution in [0.15, 0.2) is 17.1 Å². The van der Waals surface area contributed by atoms with E-state index < -0.39 is 0 Å². The molecule has 1 aromatic heterocycles. The Morgan fingerprint density at radius 3 is 2.32 bits per heavy atom. The largest absolute Gasteiger partial charge is 0.503 e. The normalized spacial score (nSPS) is 11.5. The van der Waals surface area contributed by atoms with Crippen molar-refractivity contribution >= 4 is 0 Å². The van der Waals surface area contributed by atoms with Crippen LogP contribution in [-0.2, 0) is 6.54 Å². The van der Waals surface area contributed by atoms with Crippen molar-refractivity contribution in [2.45, 2.75) is 53.1 Å². The molecule has 1 heterocycles. The van der Waals surface area contributed by atoms with E-state index in [1.54, 1.807) is 12.3 Å². The molecule has 1 N–H and O–H groups in total. The van der Waals surface area contributed by atoms with Gasteiger partial charge in [-0.05, 0) is 39.8 Å². The molecule has 0 aromatic carbocycles. The second-order valence-corrected chi connectivity index (χ2v) is 5.29. The first-order valence-electron chi connectivity index (χ1n) is 7.15. The van der Waals surface area contributed by atoms with Gasteiger partial charge in [0.15, 0.2) is 5.75 Å². The smallest absolute Gasteiger partial charge is 0.223 e. The first-order chi connectivity index (χ1) is 8.99. The van der Waals surface area contributed by atoms with Crippen molar-refractivity contribution in [1.82, 2.24) is 9.47 Å². The van der Waals surface area contributed by atoms with Crippen molar-refractivity contribution in [3.8, 4) is 5.75 Å². The minimum atomic E-state index is -0.292. The van der Waals surface area contributed by atoms with E-state index in [-0.39, 0.29) is 17.2 Å². The Hall–Kier alpha value is -1.29. The van der Waals surface area contributed by atoms with E-state index >= 15 is 0 Å². The topological polar surface area (TPSA) is 45.5 Å². The van der Waals surface area contributed by atoms with Crippen molar-refractivity contribution < 1.29 is 5.11 Å². The van der Waals surface area contributed by atoms with Gasteiger partial charge < -0.3 is 9.67 Å². The Bertz CT molecular complexity index is 446. The number of hydrogen-bond acceptors (Lipinski definition) is 3. The molecular formula is C15H26N2O2. The van der Waals surface area contributed by atoms with Crippen LogP contribution in [0.2, 0.25) is 0 Å². The predicted molar refractivity (Wildman–Crippen MR) is 78.6 cm³/mol. The Balaban J connectivity index is 3.03. The summed E-state index contributed by atoms with van der Waals surface area (Å²) in [5.74, 6) is -0.171. The van der Waals surface area contributed by atoms with Crippen LogP contribution >= 0.6 is 0 Å². The lowest BCUT2D eigenvalue weighted by Crippen LogP contribution is -2.28. The van der Waals surface area contributed by atoms with Crippen LogP contribution in [0.1, 0.15) is 52.3 Å². The molecule has 0 spiro atoms. The first kappa shape index (κ1) is 15.8. The van der Waals surface area contributed by atoms with Gasteiger partial charge in [-0.25, -0.2) is 0 Å². The van der Waals surface area contributed by atoms with E-state index in [4.69, 9.17) is 0 Å². The fourth-order valence-electron chi connectivity index (χ4n) is 2.32. The lowest BCUT2D eigenvalue weighted by atomic mass is 10.2. The van der Waals surface area contributed by atoms with Crippen LogP contribution in [-0.4, -0.2) is 27.7 Å². The summed E-state index contributed by atoms with van der Waals surface area (Å²) in [6.07, 6.45) is 3.76. The van der Waals surface area contributed by atoms with Crippen molar-refractivity contribution in [1.29, 1.82) is 0 Å². The average Bonchev–Trinajstić information content (AvgIpc) is 2.33. The molecule has 0 aliphatic carbocycles. The molecule has 4 nitrogen and oxygen atoms in total. The highest BCUT2D eigenvalue weighted by atomic mass is 16.3. The van der Waals surface area contributed by atoms with E-state index in [0.717, 1.165) is 38.2 Å². The summed E-state index contributed by atoms with van der Waals surface area (Å²) in [4.78, 5) is 14.0. The van der Waals surface area contributed by atoms with Crippen molar-refractivity contribution in [3.63, 3.8) is 0 Å². The zero-order valence-corrected chi connectivity index (χ0v) is 12.5. The van der Waals surface area contributed by atoms with Crippen LogP contribution in [0.25, 0.3) is 0 Å². The molecular weight excluding hydrogens is 240 g/mol. The minimum Gasteiger partial charge on any atom is -0.503 e. The number of pyridine rings is 1. The first-order valence-corrected chi connectivity index (χ1v) is 7.15. The Labute approximate surface area is 115 Å². The zero-order chi connectivity index (χ0) is 14.4. The molecule has 0 atom stereocenters. The fourth-order valence-corrected chi connectivity index (χ4v) is 2.32. The summed E-state index contributed by atoms with van der Waals surface area (Å²) in [6, 6.07) is 1.79. The molecule has 0 aliphatic rings. The number of aromatic nitrogens is 1. The van der Waals surface area contributed by atoms with Crippen LogP contribution in [0, 0.1) is 0 Å². The molecule has 1 rings (SSSR count). The highest BCUT2D eigenvalue weighted by molar-refractivity contribution is 5.21. The fraction of sp³-hybridized carbons (Fsp3) is 0.667. The molecule has 0 bridgehead atoms. The summed E-state index contributed by atoms with van der Waals surface area (Å²) in [7, 11) is 0. The molecule has 0 radical (unpaired) electrons. The Morgan fingerprint density at radius 1 is 1.26 bits per heavy atom. The maximum absolute atomic E-state index is 11.6. The summed E-state index contributed by atoms with van der Waals surface area (Å²) < 4.78 is 1.98. The molecule has 0 amide bonds. The maximum Gasteiger partial charge on any atom is 0.223 e. The second kappa shape index (κ2) is 7.34. The minimum absolute atomic E-state index is 0.171. The molecule has 19 heavy (non-hydrogen) atoms. The average molecular weight is 266 g/mol. The standard InChI is InChI=1S/C15H26N2O2/c1-5-7-16(8-6-2)10-13-9-14(18)15(19)11-17(13)12(3)4/h9,11-12,19H,5-8,10H2,1-4H3. The summed E-state index contributed by atoms with van der Waals surface area (Å²) in [5.41, 5.74) is 0.680. The van der Waals surface area contributed by atoms with Gasteiger partial charge in [0, 0.05) is 24.3 Å². The summed E-state index contributed by atoms with van der Waals surface area (Å²) in [6.45, 7) is 11.2. The van der Waals surface area contributed by atoms with E-state index in [1.807, 2.05) is 4.57 Å². The number of rotatable bonds is 7. The van der Waals surface area contributed by atoms with Gasteiger partial charge in [0.25, 0.3) is 0 Å². The van der Waals surface area contributed by atoms with E-state index in [0.29, 0.717) is 0 Å². The molecule has 0 aliphatic heterocycles. The van der Waals surface area contributed by atoms with Gasteiger partial charge >= 0.3 is 0 Å². The van der Waals surface area contributed by atoms with Gasteiger partial charge in [-0.2, -0.15) is 0 Å². The number of nitrogens with zero attached hydrogens (tertiary/aromatic N) is 2. The van der Waals surface area contributed by atoms with Crippen LogP contribution < -0.4 is 5.43 Å². The molecule has 4 heteroatoms. The Morgan fingerprint density at radius 2 is 1.84 bits per heavy atom. The van der Waals surface area contributed by atoms with Gasteiger partial charge in [-0.3, -0.25) is 9.69 Å². The third-order valence-corrected chi connectivity index (χ3v) is 3.16. The number of hydrogen-bond donors (Lipinski definition) is 1. The molecule has 0 saturated carbocycles. The van der Waals surface area contributed by atoms with Gasteiger partial charge in [-0.15, -0.1) is 0 Å². The molecule has 0 unspecified atom stereocenters. The van der Waals surface area contributed by atoms with Gasteiger partial charge in [0.1, 0.15) is 0 Å². The summed E-state index contributed by atoms with van der Waals surface area (Å²) in [5, 5.41) is 9.57. The third-order valence-electron chi connectivity index (χ3n) is 3.16. The molecule has 0 fully saturated rings. The second-order valence-electron chi connectivity index (χ2n) is 5.29. The van der Waals surface area contributed by atoms with Gasteiger partial charge in [0.05, 0.1) is 6.20 Å². The highest BCUT2D eigenvalue weighted by Crippen LogP contribution is 2.14. The van der Waals surface area contributed by atoms with Crippen molar-refractivity contribution in [2.24, 2.45) is 0 Å². The zero-order valence-electron chi connectivity index (χ0n) is 12.5. The van der Waals surface area contributed by atoms with Gasteiger partial charge in [-0.1, -0.05) is 13.8 Å². The van der Waals surface area contributed by atoms with E-state index in [1.165, 1.54) is 0 Å². The highest BCUT2D eigenvalue weighted by Gasteiger charge is 2.11.